The minimum atomic E-state index is -4.17. The summed E-state index contributed by atoms with van der Waals surface area (Å²) in [5.74, 6) is -0.373. The zero-order valence-electron chi connectivity index (χ0n) is 22.5. The van der Waals surface area contributed by atoms with Gasteiger partial charge in [-0.3, -0.25) is 9.10 Å². The molecule has 3 aromatic carbocycles. The lowest BCUT2D eigenvalue weighted by atomic mass is 10.2. The van der Waals surface area contributed by atoms with Crippen LogP contribution in [-0.2, 0) is 14.8 Å². The van der Waals surface area contributed by atoms with E-state index in [1.54, 1.807) is 42.5 Å². The average molecular weight is 565 g/mol. The molecule has 0 bridgehead atoms. The van der Waals surface area contributed by atoms with Crippen molar-refractivity contribution in [3.63, 3.8) is 0 Å². The molecule has 0 aliphatic heterocycles. The Labute approximate surface area is 232 Å². The number of ether oxygens (including phenoxy) is 2. The highest BCUT2D eigenvalue weighted by atomic mass is 32.2. The van der Waals surface area contributed by atoms with Crippen molar-refractivity contribution in [2.45, 2.75) is 18.7 Å². The summed E-state index contributed by atoms with van der Waals surface area (Å²) in [6.45, 7) is 3.20. The molecule has 1 aromatic heterocycles. The third-order valence-electron chi connectivity index (χ3n) is 6.22. The zero-order chi connectivity index (χ0) is 28.9. The lowest BCUT2D eigenvalue weighted by molar-refractivity contribution is -0.119. The Morgan fingerprint density at radius 1 is 1.00 bits per heavy atom. The first-order valence-electron chi connectivity index (χ1n) is 12.2. The van der Waals surface area contributed by atoms with E-state index < -0.39 is 22.5 Å². The standard InChI is InChI=1S/C29H29FN4O5S/c1-20-16-22(21(2)34(20)24-12-10-23(30)11-13-24)18-31-32-29(35)19-33(40(36,37)26-8-6-5-7-9-26)27-17-25(38-3)14-15-28(27)39-4/h5-18H,19H2,1-4H3,(H,32,35)/b31-18+. The average Bonchev–Trinajstić information content (AvgIpc) is 3.24. The van der Waals surface area contributed by atoms with Gasteiger partial charge in [-0.25, -0.2) is 18.2 Å². The molecule has 1 amide bonds. The summed E-state index contributed by atoms with van der Waals surface area (Å²) in [6.07, 6.45) is 1.47. The van der Waals surface area contributed by atoms with E-state index in [0.29, 0.717) is 5.75 Å². The summed E-state index contributed by atoms with van der Waals surface area (Å²) in [5.41, 5.74) is 5.78. The number of aromatic nitrogens is 1. The number of anilines is 1. The minimum Gasteiger partial charge on any atom is -0.497 e. The zero-order valence-corrected chi connectivity index (χ0v) is 23.3. The van der Waals surface area contributed by atoms with Gasteiger partial charge in [0.05, 0.1) is 31.0 Å². The first-order chi connectivity index (χ1) is 19.1. The largest absolute Gasteiger partial charge is 0.497 e. The highest BCUT2D eigenvalue weighted by molar-refractivity contribution is 7.92. The van der Waals surface area contributed by atoms with Gasteiger partial charge in [0, 0.05) is 28.7 Å². The maximum atomic E-state index is 13.7. The molecule has 11 heteroatoms. The summed E-state index contributed by atoms with van der Waals surface area (Å²) < 4.78 is 54.3. The van der Waals surface area contributed by atoms with E-state index in [2.05, 4.69) is 10.5 Å². The molecular weight excluding hydrogens is 535 g/mol. The molecule has 0 aliphatic carbocycles. The van der Waals surface area contributed by atoms with Crippen LogP contribution in [0, 0.1) is 19.7 Å². The molecule has 0 unspecified atom stereocenters. The smallest absolute Gasteiger partial charge is 0.264 e. The molecular formula is C29H29FN4O5S. The first kappa shape index (κ1) is 28.4. The Bertz CT molecular complexity index is 1640. The molecule has 1 N–H and O–H groups in total. The molecule has 0 spiro atoms. The number of amides is 1. The van der Waals surface area contributed by atoms with Crippen LogP contribution in [0.5, 0.6) is 11.5 Å². The Morgan fingerprint density at radius 3 is 2.35 bits per heavy atom. The quantitative estimate of drug-likeness (QED) is 0.224. The van der Waals surface area contributed by atoms with Crippen molar-refractivity contribution < 1.29 is 27.1 Å². The van der Waals surface area contributed by atoms with Crippen LogP contribution in [-0.4, -0.2) is 45.9 Å². The van der Waals surface area contributed by atoms with Crippen LogP contribution < -0.4 is 19.2 Å². The highest BCUT2D eigenvalue weighted by Crippen LogP contribution is 2.35. The van der Waals surface area contributed by atoms with Gasteiger partial charge < -0.3 is 14.0 Å². The number of hydrazone groups is 1. The van der Waals surface area contributed by atoms with Gasteiger partial charge in [-0.05, 0) is 68.4 Å². The second-order valence-electron chi connectivity index (χ2n) is 8.79. The van der Waals surface area contributed by atoms with Gasteiger partial charge in [-0.2, -0.15) is 5.10 Å². The van der Waals surface area contributed by atoms with Crippen LogP contribution in [0.3, 0.4) is 0 Å². The van der Waals surface area contributed by atoms with Gasteiger partial charge in [-0.1, -0.05) is 18.2 Å². The van der Waals surface area contributed by atoms with E-state index in [4.69, 9.17) is 9.47 Å². The number of carbonyl (C=O) groups excluding carboxylic acids is 1. The fourth-order valence-corrected chi connectivity index (χ4v) is 5.70. The Hall–Kier alpha value is -4.64. The van der Waals surface area contributed by atoms with Crippen LogP contribution in [0.15, 0.2) is 88.9 Å². The van der Waals surface area contributed by atoms with E-state index in [1.165, 1.54) is 50.8 Å². The lowest BCUT2D eigenvalue weighted by Gasteiger charge is -2.25. The monoisotopic (exact) mass is 564 g/mol. The number of nitrogens with one attached hydrogen (secondary N) is 1. The number of aryl methyl sites for hydroxylation is 1. The predicted molar refractivity (Wildman–Crippen MR) is 151 cm³/mol. The van der Waals surface area contributed by atoms with Crippen LogP contribution in [0.2, 0.25) is 0 Å². The van der Waals surface area contributed by atoms with Gasteiger partial charge in [0.25, 0.3) is 15.9 Å². The van der Waals surface area contributed by atoms with Gasteiger partial charge in [0.1, 0.15) is 23.9 Å². The van der Waals surface area contributed by atoms with Crippen molar-refractivity contribution in [3.8, 4) is 17.2 Å². The topological polar surface area (TPSA) is 102 Å². The minimum absolute atomic E-state index is 0.00408. The summed E-state index contributed by atoms with van der Waals surface area (Å²) in [4.78, 5) is 13.0. The molecule has 1 heterocycles. The summed E-state index contributed by atoms with van der Waals surface area (Å²) in [7, 11) is -1.31. The summed E-state index contributed by atoms with van der Waals surface area (Å²) in [6, 6.07) is 20.5. The number of nitrogens with zero attached hydrogens (tertiary/aromatic N) is 3. The molecule has 40 heavy (non-hydrogen) atoms. The number of hydrogen-bond donors (Lipinski definition) is 1. The maximum Gasteiger partial charge on any atom is 0.264 e. The molecule has 0 aliphatic rings. The van der Waals surface area contributed by atoms with Crippen LogP contribution in [0.25, 0.3) is 5.69 Å². The van der Waals surface area contributed by atoms with Crippen LogP contribution in [0.1, 0.15) is 17.0 Å². The molecule has 0 atom stereocenters. The number of halogens is 1. The van der Waals surface area contributed by atoms with Crippen molar-refractivity contribution in [3.05, 3.63) is 102 Å². The van der Waals surface area contributed by atoms with E-state index in [0.717, 1.165) is 26.9 Å². The van der Waals surface area contributed by atoms with Crippen molar-refractivity contribution in [2.75, 3.05) is 25.1 Å². The third-order valence-corrected chi connectivity index (χ3v) is 8.00. The maximum absolute atomic E-state index is 13.7. The second-order valence-corrected chi connectivity index (χ2v) is 10.7. The van der Waals surface area contributed by atoms with Gasteiger partial charge >= 0.3 is 0 Å². The Kier molecular flexibility index (Phi) is 8.54. The fraction of sp³-hybridized carbons (Fsp3) is 0.172. The number of hydrogen-bond acceptors (Lipinski definition) is 6. The number of benzene rings is 3. The number of rotatable bonds is 10. The van der Waals surface area contributed by atoms with E-state index >= 15 is 0 Å². The van der Waals surface area contributed by atoms with Crippen molar-refractivity contribution in [2.24, 2.45) is 5.10 Å². The SMILES string of the molecule is COc1ccc(OC)c(N(CC(=O)N/N=C/c2cc(C)n(-c3ccc(F)cc3)c2C)S(=O)(=O)c2ccccc2)c1. The van der Waals surface area contributed by atoms with Gasteiger partial charge in [-0.15, -0.1) is 0 Å². The molecule has 4 rings (SSSR count). The molecule has 0 saturated carbocycles. The van der Waals surface area contributed by atoms with Crippen molar-refractivity contribution in [1.29, 1.82) is 0 Å². The second kappa shape index (κ2) is 12.0. The summed E-state index contributed by atoms with van der Waals surface area (Å²) >= 11 is 0. The third kappa shape index (κ3) is 5.99. The van der Waals surface area contributed by atoms with Gasteiger partial charge in [0.2, 0.25) is 0 Å². The van der Waals surface area contributed by atoms with Crippen molar-refractivity contribution >= 4 is 27.8 Å². The molecule has 0 saturated heterocycles. The molecule has 0 fully saturated rings. The highest BCUT2D eigenvalue weighted by Gasteiger charge is 2.30. The number of carbonyl (C=O) groups is 1. The molecule has 4 aromatic rings. The lowest BCUT2D eigenvalue weighted by Crippen LogP contribution is -2.39. The van der Waals surface area contributed by atoms with E-state index in [1.807, 2.05) is 24.5 Å². The molecule has 0 radical (unpaired) electrons. The number of methoxy groups -OCH3 is 2. The molecule has 9 nitrogen and oxygen atoms in total. The Morgan fingerprint density at radius 2 is 1.70 bits per heavy atom. The number of sulfonamides is 1. The predicted octanol–water partition coefficient (Wildman–Crippen LogP) is 4.60. The van der Waals surface area contributed by atoms with Crippen LogP contribution >= 0.6 is 0 Å². The first-order valence-corrected chi connectivity index (χ1v) is 13.7. The summed E-state index contributed by atoms with van der Waals surface area (Å²) in [5, 5.41) is 4.07. The van der Waals surface area contributed by atoms with Gasteiger partial charge in [0.15, 0.2) is 0 Å². The normalized spacial score (nSPS) is 11.4. The van der Waals surface area contributed by atoms with E-state index in [9.17, 15) is 17.6 Å². The van der Waals surface area contributed by atoms with Crippen LogP contribution in [0.4, 0.5) is 10.1 Å². The van der Waals surface area contributed by atoms with E-state index in [-0.39, 0.29) is 22.1 Å². The van der Waals surface area contributed by atoms with Crippen molar-refractivity contribution in [1.82, 2.24) is 9.99 Å². The molecule has 208 valence electrons. The Balaban J connectivity index is 1.60. The fourth-order valence-electron chi connectivity index (χ4n) is 4.26.